The SMILES string of the molecule is O=C(Nc1ccc(NC(=O)C2CCCO2)cc1O)c1ccccc1. The van der Waals surface area contributed by atoms with Gasteiger partial charge in [-0.15, -0.1) is 0 Å². The Balaban J connectivity index is 1.66. The first-order chi connectivity index (χ1) is 11.6. The van der Waals surface area contributed by atoms with Gasteiger partial charge in [0.25, 0.3) is 11.8 Å². The summed E-state index contributed by atoms with van der Waals surface area (Å²) < 4.78 is 5.31. The van der Waals surface area contributed by atoms with Crippen molar-refractivity contribution in [2.75, 3.05) is 17.2 Å². The fourth-order valence-electron chi connectivity index (χ4n) is 2.51. The first kappa shape index (κ1) is 16.0. The molecule has 24 heavy (non-hydrogen) atoms. The number of benzene rings is 2. The molecule has 2 aromatic carbocycles. The molecule has 6 heteroatoms. The summed E-state index contributed by atoms with van der Waals surface area (Å²) in [6, 6.07) is 13.3. The van der Waals surface area contributed by atoms with Crippen molar-refractivity contribution in [2.45, 2.75) is 18.9 Å². The van der Waals surface area contributed by atoms with Gasteiger partial charge in [0.2, 0.25) is 0 Å². The molecule has 1 heterocycles. The highest BCUT2D eigenvalue weighted by Gasteiger charge is 2.23. The lowest BCUT2D eigenvalue weighted by molar-refractivity contribution is -0.124. The van der Waals surface area contributed by atoms with Gasteiger partial charge in [0.05, 0.1) is 5.69 Å². The van der Waals surface area contributed by atoms with Crippen LogP contribution < -0.4 is 10.6 Å². The Morgan fingerprint density at radius 1 is 1.08 bits per heavy atom. The van der Waals surface area contributed by atoms with Crippen LogP contribution in [-0.4, -0.2) is 29.6 Å². The summed E-state index contributed by atoms with van der Waals surface area (Å²) in [5.41, 5.74) is 1.22. The highest BCUT2D eigenvalue weighted by Crippen LogP contribution is 2.27. The van der Waals surface area contributed by atoms with Crippen molar-refractivity contribution in [1.82, 2.24) is 0 Å². The molecule has 1 aliphatic heterocycles. The van der Waals surface area contributed by atoms with Crippen molar-refractivity contribution in [3.63, 3.8) is 0 Å². The normalized spacial score (nSPS) is 16.6. The van der Waals surface area contributed by atoms with Crippen molar-refractivity contribution in [2.24, 2.45) is 0 Å². The minimum Gasteiger partial charge on any atom is -0.506 e. The molecule has 124 valence electrons. The highest BCUT2D eigenvalue weighted by atomic mass is 16.5. The van der Waals surface area contributed by atoms with E-state index < -0.39 is 6.10 Å². The number of phenolic OH excluding ortho intramolecular Hbond substituents is 1. The molecule has 0 aliphatic carbocycles. The lowest BCUT2D eigenvalue weighted by Gasteiger charge is -2.12. The number of carbonyl (C=O) groups excluding carboxylic acids is 2. The van der Waals surface area contributed by atoms with E-state index in [2.05, 4.69) is 10.6 Å². The van der Waals surface area contributed by atoms with Crippen LogP contribution in [0.15, 0.2) is 48.5 Å². The van der Waals surface area contributed by atoms with Crippen molar-refractivity contribution in [3.05, 3.63) is 54.1 Å². The van der Waals surface area contributed by atoms with Crippen LogP contribution in [0.4, 0.5) is 11.4 Å². The van der Waals surface area contributed by atoms with Crippen LogP contribution in [0, 0.1) is 0 Å². The minimum atomic E-state index is -0.440. The van der Waals surface area contributed by atoms with Gasteiger partial charge in [0.15, 0.2) is 0 Å². The molecule has 0 bridgehead atoms. The molecule has 3 rings (SSSR count). The van der Waals surface area contributed by atoms with Crippen LogP contribution in [0.5, 0.6) is 5.75 Å². The van der Waals surface area contributed by atoms with Crippen molar-refractivity contribution in [1.29, 1.82) is 0 Å². The molecule has 0 radical (unpaired) electrons. The van der Waals surface area contributed by atoms with Crippen LogP contribution in [0.3, 0.4) is 0 Å². The van der Waals surface area contributed by atoms with E-state index in [1.165, 1.54) is 6.07 Å². The maximum atomic E-state index is 12.1. The third-order valence-corrected chi connectivity index (χ3v) is 3.77. The Morgan fingerprint density at radius 3 is 2.54 bits per heavy atom. The van der Waals surface area contributed by atoms with E-state index in [1.54, 1.807) is 36.4 Å². The van der Waals surface area contributed by atoms with Gasteiger partial charge in [0.1, 0.15) is 11.9 Å². The zero-order valence-corrected chi connectivity index (χ0v) is 13.0. The third kappa shape index (κ3) is 3.72. The molecule has 0 saturated carbocycles. The molecule has 6 nitrogen and oxygen atoms in total. The van der Waals surface area contributed by atoms with Gasteiger partial charge in [-0.05, 0) is 37.1 Å². The number of hydrogen-bond donors (Lipinski definition) is 3. The average molecular weight is 326 g/mol. The predicted octanol–water partition coefficient (Wildman–Crippen LogP) is 2.76. The summed E-state index contributed by atoms with van der Waals surface area (Å²) in [4.78, 5) is 24.1. The van der Waals surface area contributed by atoms with E-state index in [0.717, 1.165) is 6.42 Å². The Hall–Kier alpha value is -2.86. The first-order valence-electron chi connectivity index (χ1n) is 7.75. The van der Waals surface area contributed by atoms with Gasteiger partial charge in [-0.3, -0.25) is 9.59 Å². The van der Waals surface area contributed by atoms with E-state index in [4.69, 9.17) is 4.74 Å². The topological polar surface area (TPSA) is 87.7 Å². The van der Waals surface area contributed by atoms with Crippen LogP contribution in [0.25, 0.3) is 0 Å². The quantitative estimate of drug-likeness (QED) is 0.754. The van der Waals surface area contributed by atoms with Gasteiger partial charge in [-0.1, -0.05) is 18.2 Å². The summed E-state index contributed by atoms with van der Waals surface area (Å²) in [7, 11) is 0. The average Bonchev–Trinajstić information content (AvgIpc) is 3.13. The molecular weight excluding hydrogens is 308 g/mol. The molecule has 0 aromatic heterocycles. The standard InChI is InChI=1S/C18H18N2O4/c21-15-11-13(19-18(23)16-7-4-10-24-16)8-9-14(15)20-17(22)12-5-2-1-3-6-12/h1-3,5-6,8-9,11,16,21H,4,7,10H2,(H,19,23)(H,20,22). The van der Waals surface area contributed by atoms with E-state index in [0.29, 0.717) is 24.3 Å². The number of nitrogens with one attached hydrogen (secondary N) is 2. The maximum Gasteiger partial charge on any atom is 0.255 e. The minimum absolute atomic E-state index is 0.121. The second-order valence-electron chi connectivity index (χ2n) is 5.54. The van der Waals surface area contributed by atoms with Crippen molar-refractivity contribution in [3.8, 4) is 5.75 Å². The predicted molar refractivity (Wildman–Crippen MR) is 90.1 cm³/mol. The second-order valence-corrected chi connectivity index (χ2v) is 5.54. The lowest BCUT2D eigenvalue weighted by atomic mass is 10.2. The van der Waals surface area contributed by atoms with E-state index in [9.17, 15) is 14.7 Å². The molecule has 0 spiro atoms. The second kappa shape index (κ2) is 7.14. The zero-order chi connectivity index (χ0) is 16.9. The summed E-state index contributed by atoms with van der Waals surface area (Å²) in [5, 5.41) is 15.4. The molecule has 1 saturated heterocycles. The number of ether oxygens (including phenoxy) is 1. The third-order valence-electron chi connectivity index (χ3n) is 3.77. The number of carbonyl (C=O) groups is 2. The van der Waals surface area contributed by atoms with Crippen molar-refractivity contribution >= 4 is 23.2 Å². The molecular formula is C18H18N2O4. The van der Waals surface area contributed by atoms with E-state index in [-0.39, 0.29) is 23.3 Å². The van der Waals surface area contributed by atoms with Crippen LogP contribution >= 0.6 is 0 Å². The summed E-state index contributed by atoms with van der Waals surface area (Å²) in [6.07, 6.45) is 1.13. The molecule has 2 amide bonds. The van der Waals surface area contributed by atoms with Gasteiger partial charge < -0.3 is 20.5 Å². The Morgan fingerprint density at radius 2 is 1.88 bits per heavy atom. The number of rotatable bonds is 4. The number of amides is 2. The van der Waals surface area contributed by atoms with Gasteiger partial charge in [-0.25, -0.2) is 0 Å². The molecule has 1 aliphatic rings. The Bertz CT molecular complexity index is 740. The van der Waals surface area contributed by atoms with Crippen LogP contribution in [-0.2, 0) is 9.53 Å². The number of phenols is 1. The van der Waals surface area contributed by atoms with Crippen molar-refractivity contribution < 1.29 is 19.4 Å². The Kier molecular flexibility index (Phi) is 4.77. The summed E-state index contributed by atoms with van der Waals surface area (Å²) in [6.45, 7) is 0.591. The molecule has 2 aromatic rings. The molecule has 1 fully saturated rings. The highest BCUT2D eigenvalue weighted by molar-refractivity contribution is 6.05. The summed E-state index contributed by atoms with van der Waals surface area (Å²) in [5.74, 6) is -0.667. The molecule has 3 N–H and O–H groups in total. The fourth-order valence-corrected chi connectivity index (χ4v) is 2.51. The largest absolute Gasteiger partial charge is 0.506 e. The number of hydrogen-bond acceptors (Lipinski definition) is 4. The smallest absolute Gasteiger partial charge is 0.255 e. The van der Waals surface area contributed by atoms with Gasteiger partial charge in [0, 0.05) is 23.9 Å². The van der Waals surface area contributed by atoms with Gasteiger partial charge >= 0.3 is 0 Å². The molecule has 1 unspecified atom stereocenters. The van der Waals surface area contributed by atoms with E-state index in [1.807, 2.05) is 6.07 Å². The Labute approximate surface area is 139 Å². The molecule has 1 atom stereocenters. The van der Waals surface area contributed by atoms with Gasteiger partial charge in [-0.2, -0.15) is 0 Å². The number of anilines is 2. The zero-order valence-electron chi connectivity index (χ0n) is 13.0. The first-order valence-corrected chi connectivity index (χ1v) is 7.75. The summed E-state index contributed by atoms with van der Waals surface area (Å²) >= 11 is 0. The van der Waals surface area contributed by atoms with Crippen LogP contribution in [0.1, 0.15) is 23.2 Å². The van der Waals surface area contributed by atoms with E-state index >= 15 is 0 Å². The van der Waals surface area contributed by atoms with Crippen LogP contribution in [0.2, 0.25) is 0 Å². The maximum absolute atomic E-state index is 12.1. The monoisotopic (exact) mass is 326 g/mol. The lowest BCUT2D eigenvalue weighted by Crippen LogP contribution is -2.26. The number of aromatic hydroxyl groups is 1. The fraction of sp³-hybridized carbons (Fsp3) is 0.222.